The van der Waals surface area contributed by atoms with Crippen LogP contribution in [0, 0.1) is 0 Å². The van der Waals surface area contributed by atoms with E-state index in [0.717, 1.165) is 38.9 Å². The molecule has 374 valence electrons. The lowest BCUT2D eigenvalue weighted by atomic mass is 9.95. The van der Waals surface area contributed by atoms with Crippen LogP contribution < -0.4 is 0 Å². The third-order valence-corrected chi connectivity index (χ3v) is 12.7. The van der Waals surface area contributed by atoms with E-state index < -0.39 is 61.4 Å². The molecule has 2 aliphatic rings. The second-order valence-corrected chi connectivity index (χ2v) is 18.0. The van der Waals surface area contributed by atoms with E-state index in [2.05, 4.69) is 0 Å². The van der Waals surface area contributed by atoms with Crippen LogP contribution in [0.1, 0.15) is 38.9 Å². The Hall–Kier alpha value is -5.90. The molecule has 0 aromatic heterocycles. The average Bonchev–Trinajstić information content (AvgIpc) is 3.43. The summed E-state index contributed by atoms with van der Waals surface area (Å²) in [6, 6.07) is 69.6. The van der Waals surface area contributed by atoms with Gasteiger partial charge in [-0.3, -0.25) is 0 Å². The molecule has 7 aromatic carbocycles. The van der Waals surface area contributed by atoms with Gasteiger partial charge in [-0.05, 0) is 38.9 Å². The van der Waals surface area contributed by atoms with Crippen LogP contribution in [0.3, 0.4) is 0 Å². The number of hydrogen-bond donors (Lipinski definition) is 1. The van der Waals surface area contributed by atoms with Crippen molar-refractivity contribution in [3.8, 4) is 0 Å². The van der Waals surface area contributed by atoms with E-state index in [1.165, 1.54) is 0 Å². The Morgan fingerprint density at radius 2 is 0.569 bits per heavy atom. The molecule has 2 heterocycles. The summed E-state index contributed by atoms with van der Waals surface area (Å²) in [4.78, 5) is 0. The van der Waals surface area contributed by atoms with Crippen LogP contribution in [0.15, 0.2) is 212 Å². The van der Waals surface area contributed by atoms with Crippen molar-refractivity contribution in [2.45, 2.75) is 108 Å². The molecule has 2 saturated heterocycles. The van der Waals surface area contributed by atoms with Gasteiger partial charge in [-0.15, -0.1) is 0 Å². The van der Waals surface area contributed by atoms with Crippen molar-refractivity contribution in [2.24, 2.45) is 0 Å². The minimum atomic E-state index is -1.45. The van der Waals surface area contributed by atoms with Crippen molar-refractivity contribution >= 4 is 0 Å². The van der Waals surface area contributed by atoms with Gasteiger partial charge in [0.25, 0.3) is 0 Å². The second-order valence-electron chi connectivity index (χ2n) is 18.0. The van der Waals surface area contributed by atoms with Gasteiger partial charge < -0.3 is 52.5 Å². The first-order chi connectivity index (χ1) is 35.6. The van der Waals surface area contributed by atoms with E-state index in [0.29, 0.717) is 13.2 Å². The molecular weight excluding hydrogens is 909 g/mol. The minimum absolute atomic E-state index is 0.0737. The molecule has 0 radical (unpaired) electrons. The van der Waals surface area contributed by atoms with Crippen molar-refractivity contribution in [3.05, 3.63) is 251 Å². The summed E-state index contributed by atoms with van der Waals surface area (Å²) < 4.78 is 68.6. The summed E-state index contributed by atoms with van der Waals surface area (Å²) in [5.41, 5.74) is 6.74. The normalized spacial score (nSPS) is 24.2. The fourth-order valence-corrected chi connectivity index (χ4v) is 8.98. The van der Waals surface area contributed by atoms with Gasteiger partial charge in [0, 0.05) is 0 Å². The smallest absolute Gasteiger partial charge is 0.187 e. The van der Waals surface area contributed by atoms with Gasteiger partial charge in [-0.1, -0.05) is 212 Å². The van der Waals surface area contributed by atoms with E-state index in [9.17, 15) is 5.11 Å². The second kappa shape index (κ2) is 27.2. The Kier molecular flexibility index (Phi) is 19.3. The van der Waals surface area contributed by atoms with Crippen LogP contribution >= 0.6 is 0 Å². The predicted molar refractivity (Wildman–Crippen MR) is 272 cm³/mol. The standard InChI is InChI=1S/C61H64O11/c62-60-58(68-41-50-32-18-6-19-33-50)57(55(66-39-48-28-14-4-15-29-48)52(70-60)43-63-36-45-22-8-1-9-23-45)72-61-59(69-42-51-34-20-7-21-35-51)56(67-40-49-30-16-5-17-31-49)54(65-38-47-26-12-3-13-27-47)53(71-61)44-64-37-46-24-10-2-11-25-46/h1-35,52-62H,36-44H2/t52-,53-,54-,55-,56+,57+,58+,59-,60+,61+/m1/s1. The number of benzene rings is 7. The topological polar surface area (TPSA) is 113 Å². The first-order valence-electron chi connectivity index (χ1n) is 24.8. The number of aliphatic hydroxyl groups is 1. The number of rotatable bonds is 25. The molecule has 1 N–H and O–H groups in total. The van der Waals surface area contributed by atoms with Crippen LogP contribution in [0.5, 0.6) is 0 Å². The zero-order valence-electron chi connectivity index (χ0n) is 40.4. The Bertz CT molecular complexity index is 2550. The monoisotopic (exact) mass is 972 g/mol. The Morgan fingerprint density at radius 3 is 0.931 bits per heavy atom. The first-order valence-corrected chi connectivity index (χ1v) is 24.8. The summed E-state index contributed by atoms with van der Waals surface area (Å²) >= 11 is 0. The highest BCUT2D eigenvalue weighted by Gasteiger charge is 2.54. The maximum atomic E-state index is 12.1. The van der Waals surface area contributed by atoms with Gasteiger partial charge in [0.15, 0.2) is 12.6 Å². The molecule has 72 heavy (non-hydrogen) atoms. The highest BCUT2D eigenvalue weighted by molar-refractivity contribution is 5.19. The Balaban J connectivity index is 1.10. The van der Waals surface area contributed by atoms with Gasteiger partial charge in [-0.25, -0.2) is 0 Å². The van der Waals surface area contributed by atoms with E-state index in [1.807, 2.05) is 212 Å². The van der Waals surface area contributed by atoms with E-state index in [4.69, 9.17) is 47.4 Å². The maximum Gasteiger partial charge on any atom is 0.187 e. The van der Waals surface area contributed by atoms with Crippen molar-refractivity contribution in [3.63, 3.8) is 0 Å². The molecule has 9 rings (SSSR count). The number of aliphatic hydroxyl groups excluding tert-OH is 1. The molecule has 0 unspecified atom stereocenters. The zero-order valence-corrected chi connectivity index (χ0v) is 40.4. The highest BCUT2D eigenvalue weighted by Crippen LogP contribution is 2.36. The lowest BCUT2D eigenvalue weighted by Gasteiger charge is -2.49. The van der Waals surface area contributed by atoms with Crippen molar-refractivity contribution in [1.29, 1.82) is 0 Å². The fourth-order valence-electron chi connectivity index (χ4n) is 8.98. The highest BCUT2D eigenvalue weighted by atomic mass is 16.7. The molecular formula is C61H64O11. The largest absolute Gasteiger partial charge is 0.374 e. The van der Waals surface area contributed by atoms with E-state index in [-0.39, 0.29) is 46.2 Å². The van der Waals surface area contributed by atoms with E-state index in [1.54, 1.807) is 0 Å². The van der Waals surface area contributed by atoms with Crippen LogP contribution in [-0.2, 0) is 93.6 Å². The first kappa shape index (κ1) is 51.0. The van der Waals surface area contributed by atoms with Crippen molar-refractivity contribution < 1.29 is 52.5 Å². The lowest BCUT2D eigenvalue weighted by molar-refractivity contribution is -0.375. The molecule has 2 fully saturated rings. The zero-order chi connectivity index (χ0) is 49.0. The quantitative estimate of drug-likeness (QED) is 0.0591. The molecule has 0 aliphatic carbocycles. The average molecular weight is 973 g/mol. The molecule has 0 spiro atoms. The minimum Gasteiger partial charge on any atom is -0.374 e. The summed E-state index contributed by atoms with van der Waals surface area (Å²) in [5.74, 6) is 0. The molecule has 11 heteroatoms. The molecule has 0 amide bonds. The van der Waals surface area contributed by atoms with Crippen LogP contribution in [0.2, 0.25) is 0 Å². The van der Waals surface area contributed by atoms with Crippen LogP contribution in [0.25, 0.3) is 0 Å². The van der Waals surface area contributed by atoms with Gasteiger partial charge >= 0.3 is 0 Å². The summed E-state index contributed by atoms with van der Waals surface area (Å²) in [7, 11) is 0. The SMILES string of the molecule is O[C@H]1O[C@H](COCc2ccccc2)[C@@H](OCc2ccccc2)[C@H](O[C@@H]2O[C@H](COCc3ccccc3)[C@@H](OCc3ccccc3)[C@H](OCc3ccccc3)[C@H]2OCc2ccccc2)[C@@H]1OCc1ccccc1. The molecule has 0 bridgehead atoms. The van der Waals surface area contributed by atoms with Gasteiger partial charge in [0.2, 0.25) is 0 Å². The third kappa shape index (κ3) is 14.8. The molecule has 2 aliphatic heterocycles. The van der Waals surface area contributed by atoms with Gasteiger partial charge in [0.05, 0.1) is 59.5 Å². The molecule has 0 saturated carbocycles. The molecule has 10 atom stereocenters. The lowest BCUT2D eigenvalue weighted by Crippen LogP contribution is -2.66. The van der Waals surface area contributed by atoms with Gasteiger partial charge in [0.1, 0.15) is 48.8 Å². The van der Waals surface area contributed by atoms with Gasteiger partial charge in [-0.2, -0.15) is 0 Å². The third-order valence-electron chi connectivity index (χ3n) is 12.7. The summed E-state index contributed by atoms with van der Waals surface area (Å²) in [6.07, 6.45) is -9.47. The summed E-state index contributed by atoms with van der Waals surface area (Å²) in [6.45, 7) is 1.93. The van der Waals surface area contributed by atoms with Crippen molar-refractivity contribution in [1.82, 2.24) is 0 Å². The molecule has 11 nitrogen and oxygen atoms in total. The number of ether oxygens (including phenoxy) is 10. The fraction of sp³-hybridized carbons (Fsp3) is 0.311. The Morgan fingerprint density at radius 1 is 0.292 bits per heavy atom. The summed E-state index contributed by atoms with van der Waals surface area (Å²) in [5, 5.41) is 12.1. The Labute approximate surface area is 423 Å². The van der Waals surface area contributed by atoms with Crippen molar-refractivity contribution in [2.75, 3.05) is 13.2 Å². The molecule has 7 aromatic rings. The van der Waals surface area contributed by atoms with E-state index >= 15 is 0 Å². The maximum absolute atomic E-state index is 12.1. The van der Waals surface area contributed by atoms with Crippen LogP contribution in [-0.4, -0.2) is 79.7 Å². The predicted octanol–water partition coefficient (Wildman–Crippen LogP) is 10.2. The number of hydrogen-bond acceptors (Lipinski definition) is 11. The van der Waals surface area contributed by atoms with Crippen LogP contribution in [0.4, 0.5) is 0 Å².